The maximum absolute atomic E-state index is 12.6. The molecule has 2 aromatic heterocycles. The van der Waals surface area contributed by atoms with Crippen molar-refractivity contribution in [2.75, 3.05) is 5.32 Å². The predicted molar refractivity (Wildman–Crippen MR) is 121 cm³/mol. The van der Waals surface area contributed by atoms with Crippen LogP contribution in [0.15, 0.2) is 66.7 Å². The van der Waals surface area contributed by atoms with E-state index in [0.717, 1.165) is 27.5 Å². The standard InChI is InChI=1S/C24H18N4O4/c29-20-10-9-14(13-16(20)24(31)32)25-21(30)11-12-28-19-8-4-1-5-15(19)22-23(28)27-18-7-3-2-6-17(18)26-22/h1-10,13,29H,11-12H2,(H,25,30)(H,31,32). The molecule has 32 heavy (non-hydrogen) atoms. The predicted octanol–water partition coefficient (Wildman–Crippen LogP) is 4.17. The molecule has 0 aliphatic carbocycles. The molecule has 3 N–H and O–H groups in total. The van der Waals surface area contributed by atoms with Crippen molar-refractivity contribution < 1.29 is 19.8 Å². The van der Waals surface area contributed by atoms with Crippen molar-refractivity contribution in [1.29, 1.82) is 0 Å². The molecule has 0 saturated carbocycles. The van der Waals surface area contributed by atoms with Gasteiger partial charge in [0.25, 0.3) is 0 Å². The summed E-state index contributed by atoms with van der Waals surface area (Å²) in [5.74, 6) is -1.91. The molecule has 0 aliphatic rings. The van der Waals surface area contributed by atoms with Gasteiger partial charge in [-0.3, -0.25) is 4.79 Å². The first-order valence-corrected chi connectivity index (χ1v) is 10.0. The summed E-state index contributed by atoms with van der Waals surface area (Å²) < 4.78 is 1.98. The van der Waals surface area contributed by atoms with Crippen molar-refractivity contribution in [3.8, 4) is 5.75 Å². The first-order valence-electron chi connectivity index (χ1n) is 10.0. The van der Waals surface area contributed by atoms with Gasteiger partial charge in [0.15, 0.2) is 5.65 Å². The lowest BCUT2D eigenvalue weighted by Crippen LogP contribution is -2.15. The second-order valence-electron chi connectivity index (χ2n) is 7.39. The summed E-state index contributed by atoms with van der Waals surface area (Å²) in [6, 6.07) is 19.4. The van der Waals surface area contributed by atoms with E-state index in [1.54, 1.807) is 0 Å². The van der Waals surface area contributed by atoms with Crippen LogP contribution in [0.25, 0.3) is 33.1 Å². The Bertz CT molecular complexity index is 1520. The SMILES string of the molecule is O=C(CCn1c2ccccc2c2nc3ccccc3nc21)Nc1ccc(O)c(C(=O)O)c1. The summed E-state index contributed by atoms with van der Waals surface area (Å²) in [6.07, 6.45) is 0.144. The van der Waals surface area contributed by atoms with E-state index in [1.165, 1.54) is 18.2 Å². The number of aryl methyl sites for hydroxylation is 1. The second-order valence-corrected chi connectivity index (χ2v) is 7.39. The van der Waals surface area contributed by atoms with E-state index in [-0.39, 0.29) is 23.6 Å². The van der Waals surface area contributed by atoms with Crippen LogP contribution in [0, 0.1) is 0 Å². The highest BCUT2D eigenvalue weighted by Crippen LogP contribution is 2.28. The first-order chi connectivity index (χ1) is 15.5. The van der Waals surface area contributed by atoms with Crippen LogP contribution in [-0.2, 0) is 11.3 Å². The number of aromatic carboxylic acids is 1. The highest BCUT2D eigenvalue weighted by Gasteiger charge is 2.16. The number of carbonyl (C=O) groups excluding carboxylic acids is 1. The lowest BCUT2D eigenvalue weighted by atomic mass is 10.1. The van der Waals surface area contributed by atoms with Crippen molar-refractivity contribution in [3.63, 3.8) is 0 Å². The summed E-state index contributed by atoms with van der Waals surface area (Å²) in [5.41, 5.74) is 4.04. The van der Waals surface area contributed by atoms with Gasteiger partial charge in [-0.2, -0.15) is 0 Å². The van der Waals surface area contributed by atoms with E-state index in [9.17, 15) is 14.7 Å². The number of hydrogen-bond acceptors (Lipinski definition) is 5. The van der Waals surface area contributed by atoms with Gasteiger partial charge in [0.2, 0.25) is 5.91 Å². The number of carbonyl (C=O) groups is 2. The van der Waals surface area contributed by atoms with Gasteiger partial charge in [0, 0.05) is 24.0 Å². The normalized spacial score (nSPS) is 11.2. The fourth-order valence-corrected chi connectivity index (χ4v) is 3.83. The van der Waals surface area contributed by atoms with Crippen molar-refractivity contribution in [2.45, 2.75) is 13.0 Å². The minimum atomic E-state index is -1.27. The number of nitrogens with zero attached hydrogens (tertiary/aromatic N) is 3. The van der Waals surface area contributed by atoms with Gasteiger partial charge >= 0.3 is 5.97 Å². The maximum atomic E-state index is 12.6. The summed E-state index contributed by atoms with van der Waals surface area (Å²) >= 11 is 0. The number of aromatic hydroxyl groups is 1. The van der Waals surface area contributed by atoms with E-state index in [1.807, 2.05) is 53.1 Å². The number of anilines is 1. The molecule has 0 fully saturated rings. The minimum absolute atomic E-state index is 0.144. The Morgan fingerprint density at radius 1 is 0.938 bits per heavy atom. The third-order valence-corrected chi connectivity index (χ3v) is 5.33. The Labute approximate surface area is 181 Å². The van der Waals surface area contributed by atoms with Gasteiger partial charge in [0.1, 0.15) is 16.8 Å². The summed E-state index contributed by atoms with van der Waals surface area (Å²) in [4.78, 5) is 33.4. The molecule has 0 unspecified atom stereocenters. The smallest absolute Gasteiger partial charge is 0.339 e. The fourth-order valence-electron chi connectivity index (χ4n) is 3.83. The molecule has 1 amide bonds. The van der Waals surface area contributed by atoms with Crippen molar-refractivity contribution in [1.82, 2.24) is 14.5 Å². The number of carboxylic acid groups (broad SMARTS) is 1. The molecule has 158 valence electrons. The molecule has 0 atom stereocenters. The third-order valence-electron chi connectivity index (χ3n) is 5.33. The Morgan fingerprint density at radius 2 is 1.66 bits per heavy atom. The van der Waals surface area contributed by atoms with E-state index < -0.39 is 5.97 Å². The van der Waals surface area contributed by atoms with Crippen LogP contribution in [0.1, 0.15) is 16.8 Å². The van der Waals surface area contributed by atoms with E-state index in [4.69, 9.17) is 15.1 Å². The molecule has 0 radical (unpaired) electrons. The molecule has 3 aromatic carbocycles. The number of phenols is 1. The minimum Gasteiger partial charge on any atom is -0.507 e. The Hall–Kier alpha value is -4.46. The largest absolute Gasteiger partial charge is 0.507 e. The molecule has 0 spiro atoms. The van der Waals surface area contributed by atoms with E-state index in [2.05, 4.69) is 5.32 Å². The van der Waals surface area contributed by atoms with Crippen molar-refractivity contribution in [2.24, 2.45) is 0 Å². The number of para-hydroxylation sites is 3. The Morgan fingerprint density at radius 3 is 2.44 bits per heavy atom. The van der Waals surface area contributed by atoms with E-state index in [0.29, 0.717) is 17.9 Å². The zero-order valence-electron chi connectivity index (χ0n) is 16.8. The average molecular weight is 426 g/mol. The Balaban J connectivity index is 1.46. The van der Waals surface area contributed by atoms with Gasteiger partial charge in [-0.05, 0) is 36.4 Å². The zero-order valence-corrected chi connectivity index (χ0v) is 16.8. The van der Waals surface area contributed by atoms with Crippen molar-refractivity contribution >= 4 is 50.7 Å². The number of rotatable bonds is 5. The number of nitrogens with one attached hydrogen (secondary N) is 1. The molecule has 2 heterocycles. The highest BCUT2D eigenvalue weighted by atomic mass is 16.4. The summed E-state index contributed by atoms with van der Waals surface area (Å²) in [6.45, 7) is 0.368. The summed E-state index contributed by atoms with van der Waals surface area (Å²) in [7, 11) is 0. The number of fused-ring (bicyclic) bond motifs is 4. The number of benzene rings is 3. The molecule has 0 aliphatic heterocycles. The molecule has 5 rings (SSSR count). The topological polar surface area (TPSA) is 117 Å². The zero-order chi connectivity index (χ0) is 22.2. The number of amides is 1. The van der Waals surface area contributed by atoms with Gasteiger partial charge in [-0.15, -0.1) is 0 Å². The van der Waals surface area contributed by atoms with Crippen molar-refractivity contribution in [3.05, 3.63) is 72.3 Å². The monoisotopic (exact) mass is 426 g/mol. The van der Waals surface area contributed by atoms with Gasteiger partial charge in [-0.1, -0.05) is 30.3 Å². The molecule has 0 bridgehead atoms. The number of carboxylic acids is 1. The molecular formula is C24H18N4O4. The molecule has 5 aromatic rings. The fraction of sp³-hybridized carbons (Fsp3) is 0.0833. The van der Waals surface area contributed by atoms with E-state index >= 15 is 0 Å². The van der Waals surface area contributed by atoms with Crippen LogP contribution < -0.4 is 5.32 Å². The van der Waals surface area contributed by atoms with Crippen LogP contribution >= 0.6 is 0 Å². The van der Waals surface area contributed by atoms with Gasteiger partial charge < -0.3 is 20.1 Å². The number of aromatic nitrogens is 3. The third kappa shape index (κ3) is 3.37. The molecule has 8 nitrogen and oxygen atoms in total. The number of hydrogen-bond donors (Lipinski definition) is 3. The van der Waals surface area contributed by atoms with Gasteiger partial charge in [0.05, 0.1) is 16.6 Å². The lowest BCUT2D eigenvalue weighted by molar-refractivity contribution is -0.116. The maximum Gasteiger partial charge on any atom is 0.339 e. The quantitative estimate of drug-likeness (QED) is 0.363. The average Bonchev–Trinajstić information content (AvgIpc) is 3.10. The Kier molecular flexibility index (Phi) is 4.67. The highest BCUT2D eigenvalue weighted by molar-refractivity contribution is 6.06. The summed E-state index contributed by atoms with van der Waals surface area (Å²) in [5, 5.41) is 22.4. The molecule has 8 heteroatoms. The van der Waals surface area contributed by atoms with Crippen LogP contribution in [0.4, 0.5) is 5.69 Å². The lowest BCUT2D eigenvalue weighted by Gasteiger charge is -2.09. The molecule has 0 saturated heterocycles. The first kappa shape index (κ1) is 19.5. The van der Waals surface area contributed by atoms with Crippen LogP contribution in [0.2, 0.25) is 0 Å². The van der Waals surface area contributed by atoms with Crippen LogP contribution in [0.5, 0.6) is 5.75 Å². The van der Waals surface area contributed by atoms with Crippen LogP contribution in [-0.4, -0.2) is 36.6 Å². The van der Waals surface area contributed by atoms with Gasteiger partial charge in [-0.25, -0.2) is 14.8 Å². The van der Waals surface area contributed by atoms with Crippen LogP contribution in [0.3, 0.4) is 0 Å². The second kappa shape index (κ2) is 7.66. The molecular weight excluding hydrogens is 408 g/mol.